The summed E-state index contributed by atoms with van der Waals surface area (Å²) in [6.07, 6.45) is 8.06. The Bertz CT molecular complexity index is 647. The van der Waals surface area contributed by atoms with Crippen LogP contribution in [-0.4, -0.2) is 17.8 Å². The van der Waals surface area contributed by atoms with Crippen molar-refractivity contribution >= 4 is 29.0 Å². The third kappa shape index (κ3) is 4.16. The Kier molecular flexibility index (Phi) is 4.76. The Morgan fingerprint density at radius 3 is 2.74 bits per heavy atom. The van der Waals surface area contributed by atoms with Crippen LogP contribution < -0.4 is 10.1 Å². The van der Waals surface area contributed by atoms with E-state index in [1.54, 1.807) is 6.08 Å². The number of benzene rings is 1. The molecule has 0 unspecified atom stereocenters. The molecule has 1 saturated carbocycles. The van der Waals surface area contributed by atoms with E-state index in [0.717, 1.165) is 29.7 Å². The Hall–Kier alpha value is -1.75. The molecule has 2 aliphatic rings. The molecule has 1 aliphatic carbocycles. The van der Waals surface area contributed by atoms with Crippen molar-refractivity contribution < 1.29 is 14.3 Å². The number of imide groups is 1. The van der Waals surface area contributed by atoms with Crippen LogP contribution >= 0.6 is 11.8 Å². The van der Waals surface area contributed by atoms with E-state index in [-0.39, 0.29) is 16.6 Å². The van der Waals surface area contributed by atoms with Crippen LogP contribution in [0.1, 0.15) is 44.6 Å². The second kappa shape index (κ2) is 6.79. The predicted molar refractivity (Wildman–Crippen MR) is 92.2 cm³/mol. The molecule has 0 aromatic heterocycles. The van der Waals surface area contributed by atoms with Crippen molar-refractivity contribution in [2.24, 2.45) is 5.41 Å². The highest BCUT2D eigenvalue weighted by molar-refractivity contribution is 8.18. The maximum absolute atomic E-state index is 11.6. The summed E-state index contributed by atoms with van der Waals surface area (Å²) < 4.78 is 6.00. The van der Waals surface area contributed by atoms with Crippen LogP contribution in [0.15, 0.2) is 29.2 Å². The molecule has 2 fully saturated rings. The standard InChI is InChI=1S/C18H21NO3S/c1-18(8-3-2-4-9-18)12-22-14-7-5-6-13(10-14)11-15-16(20)19-17(21)23-15/h5-7,10-11H,2-4,8-9,12H2,1H3,(H,19,20,21)/b15-11+. The first-order valence-corrected chi connectivity index (χ1v) is 8.84. The fraction of sp³-hybridized carbons (Fsp3) is 0.444. The summed E-state index contributed by atoms with van der Waals surface area (Å²) in [5.41, 5.74) is 1.13. The second-order valence-electron chi connectivity index (χ2n) is 6.58. The maximum Gasteiger partial charge on any atom is 0.290 e. The Morgan fingerprint density at radius 2 is 2.04 bits per heavy atom. The molecule has 4 nitrogen and oxygen atoms in total. The Labute approximate surface area is 140 Å². The van der Waals surface area contributed by atoms with Gasteiger partial charge in [0.1, 0.15) is 5.75 Å². The van der Waals surface area contributed by atoms with Gasteiger partial charge in [-0.25, -0.2) is 0 Å². The smallest absolute Gasteiger partial charge is 0.290 e. The molecule has 1 N–H and O–H groups in total. The normalized spacial score (nSPS) is 22.2. The number of amides is 2. The highest BCUT2D eigenvalue weighted by Crippen LogP contribution is 2.36. The van der Waals surface area contributed by atoms with Gasteiger partial charge in [-0.2, -0.15) is 0 Å². The average Bonchev–Trinajstić information content (AvgIpc) is 2.84. The number of nitrogens with one attached hydrogen (secondary N) is 1. The zero-order valence-electron chi connectivity index (χ0n) is 13.3. The molecule has 23 heavy (non-hydrogen) atoms. The van der Waals surface area contributed by atoms with Crippen molar-refractivity contribution in [3.05, 3.63) is 34.7 Å². The van der Waals surface area contributed by atoms with Gasteiger partial charge in [0.2, 0.25) is 0 Å². The van der Waals surface area contributed by atoms with Crippen LogP contribution in [0.3, 0.4) is 0 Å². The minimum atomic E-state index is -0.332. The fourth-order valence-corrected chi connectivity index (χ4v) is 3.76. The van der Waals surface area contributed by atoms with Crippen molar-refractivity contribution in [2.75, 3.05) is 6.61 Å². The van der Waals surface area contributed by atoms with Crippen LogP contribution in [0.4, 0.5) is 4.79 Å². The SMILES string of the molecule is CC1(COc2cccc(/C=C3/SC(=O)NC3=O)c2)CCCCC1. The molecular formula is C18H21NO3S. The number of hydrogen-bond donors (Lipinski definition) is 1. The number of carbonyl (C=O) groups excluding carboxylic acids is 2. The van der Waals surface area contributed by atoms with Gasteiger partial charge in [0.25, 0.3) is 11.1 Å². The first kappa shape index (κ1) is 16.1. The van der Waals surface area contributed by atoms with Gasteiger partial charge in [-0.05, 0) is 48.4 Å². The van der Waals surface area contributed by atoms with Gasteiger partial charge in [0.15, 0.2) is 0 Å². The fourth-order valence-electron chi connectivity index (χ4n) is 3.07. The zero-order valence-corrected chi connectivity index (χ0v) is 14.1. The van der Waals surface area contributed by atoms with Gasteiger partial charge >= 0.3 is 0 Å². The van der Waals surface area contributed by atoms with Crippen molar-refractivity contribution in [3.8, 4) is 5.75 Å². The van der Waals surface area contributed by atoms with Gasteiger partial charge in [-0.1, -0.05) is 38.3 Å². The molecule has 1 aliphatic heterocycles. The number of carbonyl (C=O) groups is 2. The van der Waals surface area contributed by atoms with E-state index in [1.807, 2.05) is 24.3 Å². The molecular weight excluding hydrogens is 310 g/mol. The quantitative estimate of drug-likeness (QED) is 0.833. The number of hydrogen-bond acceptors (Lipinski definition) is 4. The molecule has 0 radical (unpaired) electrons. The topological polar surface area (TPSA) is 55.4 Å². The van der Waals surface area contributed by atoms with Crippen LogP contribution in [0.25, 0.3) is 6.08 Å². The van der Waals surface area contributed by atoms with E-state index in [2.05, 4.69) is 12.2 Å². The van der Waals surface area contributed by atoms with E-state index < -0.39 is 0 Å². The summed E-state index contributed by atoms with van der Waals surface area (Å²) in [5.74, 6) is 0.474. The van der Waals surface area contributed by atoms with Crippen molar-refractivity contribution in [3.63, 3.8) is 0 Å². The lowest BCUT2D eigenvalue weighted by Gasteiger charge is -2.33. The van der Waals surface area contributed by atoms with Gasteiger partial charge < -0.3 is 4.74 Å². The lowest BCUT2D eigenvalue weighted by molar-refractivity contribution is -0.115. The van der Waals surface area contributed by atoms with Crippen molar-refractivity contribution in [1.29, 1.82) is 0 Å². The molecule has 2 amide bonds. The summed E-state index contributed by atoms with van der Waals surface area (Å²) in [4.78, 5) is 23.2. The van der Waals surface area contributed by atoms with E-state index in [1.165, 1.54) is 32.1 Å². The summed E-state index contributed by atoms with van der Waals surface area (Å²) in [5, 5.41) is 1.94. The molecule has 1 aromatic rings. The molecule has 1 aromatic carbocycles. The molecule has 0 bridgehead atoms. The van der Waals surface area contributed by atoms with Crippen LogP contribution in [-0.2, 0) is 4.79 Å². The van der Waals surface area contributed by atoms with Crippen LogP contribution in [0.5, 0.6) is 5.75 Å². The molecule has 0 atom stereocenters. The monoisotopic (exact) mass is 331 g/mol. The summed E-state index contributed by atoms with van der Waals surface area (Å²) in [6, 6.07) is 7.65. The lowest BCUT2D eigenvalue weighted by Crippen LogP contribution is -2.27. The van der Waals surface area contributed by atoms with Gasteiger partial charge in [0.05, 0.1) is 11.5 Å². The van der Waals surface area contributed by atoms with Crippen molar-refractivity contribution in [2.45, 2.75) is 39.0 Å². The second-order valence-corrected chi connectivity index (χ2v) is 7.60. The highest BCUT2D eigenvalue weighted by atomic mass is 32.2. The summed E-state index contributed by atoms with van der Waals surface area (Å²) in [7, 11) is 0. The Balaban J connectivity index is 1.67. The summed E-state index contributed by atoms with van der Waals surface area (Å²) >= 11 is 0.931. The molecule has 1 saturated heterocycles. The number of ether oxygens (including phenoxy) is 1. The largest absolute Gasteiger partial charge is 0.493 e. The molecule has 0 spiro atoms. The summed E-state index contributed by atoms with van der Waals surface area (Å²) in [6.45, 7) is 3.02. The van der Waals surface area contributed by atoms with Gasteiger partial charge in [0, 0.05) is 5.41 Å². The van der Waals surface area contributed by atoms with E-state index >= 15 is 0 Å². The molecule has 5 heteroatoms. The van der Waals surface area contributed by atoms with Gasteiger partial charge in [-0.15, -0.1) is 0 Å². The molecule has 122 valence electrons. The van der Waals surface area contributed by atoms with Gasteiger partial charge in [-0.3, -0.25) is 14.9 Å². The third-order valence-electron chi connectivity index (χ3n) is 4.45. The average molecular weight is 331 g/mol. The van der Waals surface area contributed by atoms with E-state index in [4.69, 9.17) is 4.74 Å². The maximum atomic E-state index is 11.6. The predicted octanol–water partition coefficient (Wildman–Crippen LogP) is 4.36. The van der Waals surface area contributed by atoms with Crippen molar-refractivity contribution in [1.82, 2.24) is 5.32 Å². The lowest BCUT2D eigenvalue weighted by atomic mass is 9.76. The molecule has 3 rings (SSSR count). The number of thioether (sulfide) groups is 1. The van der Waals surface area contributed by atoms with E-state index in [0.29, 0.717) is 4.91 Å². The minimum absolute atomic E-state index is 0.264. The minimum Gasteiger partial charge on any atom is -0.493 e. The first-order chi connectivity index (χ1) is 11.0. The zero-order chi connectivity index (χ0) is 16.3. The highest BCUT2D eigenvalue weighted by Gasteiger charge is 2.28. The first-order valence-electron chi connectivity index (χ1n) is 8.02. The number of rotatable bonds is 4. The third-order valence-corrected chi connectivity index (χ3v) is 5.26. The Morgan fingerprint density at radius 1 is 1.26 bits per heavy atom. The van der Waals surface area contributed by atoms with E-state index in [9.17, 15) is 9.59 Å². The van der Waals surface area contributed by atoms with Crippen LogP contribution in [0.2, 0.25) is 0 Å². The molecule has 1 heterocycles. The van der Waals surface area contributed by atoms with Crippen LogP contribution in [0, 0.1) is 5.41 Å².